The molecule has 0 saturated heterocycles. The molecule has 1 heterocycles. The molecule has 102 valence electrons. The molecule has 0 radical (unpaired) electrons. The number of likely N-dealkylation sites (N-methyl/N-ethyl adjacent to an activating group) is 1. The topological polar surface area (TPSA) is 29.9 Å². The third-order valence-corrected chi connectivity index (χ3v) is 4.68. The van der Waals surface area contributed by atoms with Crippen LogP contribution < -0.4 is 5.32 Å². The largest absolute Gasteiger partial charge is 0.313 e. The van der Waals surface area contributed by atoms with Crippen molar-refractivity contribution in [2.24, 2.45) is 12.5 Å². The van der Waals surface area contributed by atoms with Gasteiger partial charge in [-0.2, -0.15) is 5.10 Å². The molecule has 0 aromatic carbocycles. The van der Waals surface area contributed by atoms with Crippen LogP contribution in [-0.2, 0) is 13.5 Å². The lowest BCUT2D eigenvalue weighted by molar-refractivity contribution is 0.185. The van der Waals surface area contributed by atoms with Gasteiger partial charge in [-0.25, -0.2) is 0 Å². The first-order valence-electron chi connectivity index (χ1n) is 7.42. The summed E-state index contributed by atoms with van der Waals surface area (Å²) in [6.45, 7) is 5.62. The molecule has 1 N–H and O–H groups in total. The zero-order valence-corrected chi connectivity index (χ0v) is 12.1. The van der Waals surface area contributed by atoms with Crippen LogP contribution in [0, 0.1) is 5.41 Å². The van der Waals surface area contributed by atoms with E-state index in [-0.39, 0.29) is 0 Å². The molecule has 1 fully saturated rings. The van der Waals surface area contributed by atoms with Crippen LogP contribution in [0.2, 0.25) is 0 Å². The summed E-state index contributed by atoms with van der Waals surface area (Å²) in [4.78, 5) is 0. The third-order valence-electron chi connectivity index (χ3n) is 4.68. The van der Waals surface area contributed by atoms with Crippen LogP contribution >= 0.6 is 0 Å². The number of hydrogen-bond donors (Lipinski definition) is 1. The van der Waals surface area contributed by atoms with E-state index in [2.05, 4.69) is 30.3 Å². The Morgan fingerprint density at radius 1 is 1.39 bits per heavy atom. The number of aryl methyl sites for hydroxylation is 1. The lowest BCUT2D eigenvalue weighted by atomic mass is 9.74. The molecule has 0 amide bonds. The van der Waals surface area contributed by atoms with E-state index in [9.17, 15) is 0 Å². The Morgan fingerprint density at radius 3 is 2.61 bits per heavy atom. The Balaban J connectivity index is 2.11. The SMILES string of the molecule is CCNC(Cc1ccn(C)n1)C1(CC)CCCC1. The van der Waals surface area contributed by atoms with Gasteiger partial charge in [0.05, 0.1) is 5.69 Å². The van der Waals surface area contributed by atoms with Gasteiger partial charge >= 0.3 is 0 Å². The molecule has 1 aromatic rings. The smallest absolute Gasteiger partial charge is 0.0640 e. The third kappa shape index (κ3) is 2.77. The predicted octanol–water partition coefficient (Wildman–Crippen LogP) is 2.91. The molecular formula is C15H27N3. The molecule has 1 unspecified atom stereocenters. The second-order valence-electron chi connectivity index (χ2n) is 5.72. The molecule has 18 heavy (non-hydrogen) atoms. The van der Waals surface area contributed by atoms with Crippen LogP contribution in [0.1, 0.15) is 51.6 Å². The van der Waals surface area contributed by atoms with Crippen LogP contribution in [0.4, 0.5) is 0 Å². The van der Waals surface area contributed by atoms with Gasteiger partial charge in [-0.3, -0.25) is 4.68 Å². The van der Waals surface area contributed by atoms with E-state index in [0.717, 1.165) is 13.0 Å². The molecule has 3 heteroatoms. The summed E-state index contributed by atoms with van der Waals surface area (Å²) in [5.41, 5.74) is 1.73. The fourth-order valence-corrected chi connectivity index (χ4v) is 3.56. The minimum Gasteiger partial charge on any atom is -0.313 e. The summed E-state index contributed by atoms with van der Waals surface area (Å²) >= 11 is 0. The zero-order chi connectivity index (χ0) is 13.0. The fourth-order valence-electron chi connectivity index (χ4n) is 3.56. The standard InChI is InChI=1S/C15H27N3/c1-4-15(9-6-7-10-15)14(16-5-2)12-13-8-11-18(3)17-13/h8,11,14,16H,4-7,9-10,12H2,1-3H3. The summed E-state index contributed by atoms with van der Waals surface area (Å²) in [6, 6.07) is 2.74. The van der Waals surface area contributed by atoms with Gasteiger partial charge in [0.25, 0.3) is 0 Å². The Morgan fingerprint density at radius 2 is 2.11 bits per heavy atom. The van der Waals surface area contributed by atoms with Gasteiger partial charge in [0.15, 0.2) is 0 Å². The number of aromatic nitrogens is 2. The van der Waals surface area contributed by atoms with Crippen LogP contribution in [0.15, 0.2) is 12.3 Å². The van der Waals surface area contributed by atoms with Crippen LogP contribution in [0.25, 0.3) is 0 Å². The van der Waals surface area contributed by atoms with E-state index >= 15 is 0 Å². The summed E-state index contributed by atoms with van der Waals surface area (Å²) in [6.07, 6.45) is 9.98. The Kier molecular flexibility index (Phi) is 4.44. The van der Waals surface area contributed by atoms with Gasteiger partial charge in [0.1, 0.15) is 0 Å². The average Bonchev–Trinajstić information content (AvgIpc) is 2.98. The van der Waals surface area contributed by atoms with Crippen molar-refractivity contribution in [2.45, 2.75) is 58.4 Å². The van der Waals surface area contributed by atoms with Crippen molar-refractivity contribution in [1.82, 2.24) is 15.1 Å². The lowest BCUT2D eigenvalue weighted by Gasteiger charge is -2.37. The molecule has 1 aliphatic carbocycles. The second kappa shape index (κ2) is 5.87. The Labute approximate surface area is 111 Å². The highest BCUT2D eigenvalue weighted by atomic mass is 15.2. The van der Waals surface area contributed by atoms with Crippen molar-refractivity contribution in [3.05, 3.63) is 18.0 Å². The highest BCUT2D eigenvalue weighted by Gasteiger charge is 2.39. The van der Waals surface area contributed by atoms with Crippen molar-refractivity contribution >= 4 is 0 Å². The van der Waals surface area contributed by atoms with E-state index in [0.29, 0.717) is 11.5 Å². The molecule has 1 saturated carbocycles. The van der Waals surface area contributed by atoms with Crippen molar-refractivity contribution in [3.63, 3.8) is 0 Å². The average molecular weight is 249 g/mol. The van der Waals surface area contributed by atoms with Gasteiger partial charge in [-0.15, -0.1) is 0 Å². The Hall–Kier alpha value is -0.830. The minimum absolute atomic E-state index is 0.507. The first-order chi connectivity index (χ1) is 8.70. The quantitative estimate of drug-likeness (QED) is 0.840. The summed E-state index contributed by atoms with van der Waals surface area (Å²) < 4.78 is 1.91. The number of nitrogens with zero attached hydrogens (tertiary/aromatic N) is 2. The molecule has 1 aromatic heterocycles. The van der Waals surface area contributed by atoms with E-state index in [1.54, 1.807) is 0 Å². The highest BCUT2D eigenvalue weighted by Crippen LogP contribution is 2.44. The maximum atomic E-state index is 4.55. The molecule has 1 atom stereocenters. The molecular weight excluding hydrogens is 222 g/mol. The maximum Gasteiger partial charge on any atom is 0.0640 e. The first kappa shape index (κ1) is 13.6. The van der Waals surface area contributed by atoms with Crippen LogP contribution in [0.5, 0.6) is 0 Å². The van der Waals surface area contributed by atoms with Crippen LogP contribution in [-0.4, -0.2) is 22.4 Å². The number of hydrogen-bond acceptors (Lipinski definition) is 2. The lowest BCUT2D eigenvalue weighted by Crippen LogP contribution is -2.45. The van der Waals surface area contributed by atoms with E-state index in [4.69, 9.17) is 0 Å². The van der Waals surface area contributed by atoms with E-state index < -0.39 is 0 Å². The summed E-state index contributed by atoms with van der Waals surface area (Å²) in [5, 5.41) is 8.27. The Bertz CT molecular complexity index is 364. The van der Waals surface area contributed by atoms with Gasteiger partial charge in [-0.1, -0.05) is 26.7 Å². The number of nitrogens with one attached hydrogen (secondary N) is 1. The fraction of sp³-hybridized carbons (Fsp3) is 0.800. The van der Waals surface area contributed by atoms with Gasteiger partial charge < -0.3 is 5.32 Å². The van der Waals surface area contributed by atoms with Gasteiger partial charge in [-0.05, 0) is 37.3 Å². The second-order valence-corrected chi connectivity index (χ2v) is 5.72. The predicted molar refractivity (Wildman–Crippen MR) is 75.6 cm³/mol. The van der Waals surface area contributed by atoms with Crippen LogP contribution in [0.3, 0.4) is 0 Å². The molecule has 0 spiro atoms. The molecule has 1 aliphatic rings. The molecule has 2 rings (SSSR count). The zero-order valence-electron chi connectivity index (χ0n) is 12.1. The molecule has 0 aliphatic heterocycles. The minimum atomic E-state index is 0.507. The highest BCUT2D eigenvalue weighted by molar-refractivity contribution is 5.05. The number of rotatable bonds is 6. The molecule has 3 nitrogen and oxygen atoms in total. The molecule has 0 bridgehead atoms. The van der Waals surface area contributed by atoms with Gasteiger partial charge in [0.2, 0.25) is 0 Å². The normalized spacial score (nSPS) is 20.2. The van der Waals surface area contributed by atoms with Crippen molar-refractivity contribution in [1.29, 1.82) is 0 Å². The van der Waals surface area contributed by atoms with Crippen molar-refractivity contribution in [3.8, 4) is 0 Å². The van der Waals surface area contributed by atoms with Crippen molar-refractivity contribution < 1.29 is 0 Å². The maximum absolute atomic E-state index is 4.55. The summed E-state index contributed by atoms with van der Waals surface area (Å²) in [7, 11) is 2.00. The van der Waals surface area contributed by atoms with Crippen molar-refractivity contribution in [2.75, 3.05) is 6.54 Å². The monoisotopic (exact) mass is 249 g/mol. The van der Waals surface area contributed by atoms with E-state index in [1.807, 2.05) is 17.9 Å². The summed E-state index contributed by atoms with van der Waals surface area (Å²) in [5.74, 6) is 0. The van der Waals surface area contributed by atoms with E-state index in [1.165, 1.54) is 37.8 Å². The van der Waals surface area contributed by atoms with Gasteiger partial charge in [0, 0.05) is 25.7 Å². The first-order valence-corrected chi connectivity index (χ1v) is 7.42.